The second-order valence-corrected chi connectivity index (χ2v) is 6.06. The van der Waals surface area contributed by atoms with Crippen LogP contribution in [0.3, 0.4) is 0 Å². The number of piperidine rings is 1. The number of amides is 1. The van der Waals surface area contributed by atoms with Crippen molar-refractivity contribution in [3.05, 3.63) is 48.2 Å². The average Bonchev–Trinajstić information content (AvgIpc) is 2.63. The molecule has 1 atom stereocenters. The minimum absolute atomic E-state index is 0.0391. The highest BCUT2D eigenvalue weighted by Gasteiger charge is 2.21. The van der Waals surface area contributed by atoms with Crippen molar-refractivity contribution in [2.75, 3.05) is 23.7 Å². The lowest BCUT2D eigenvalue weighted by atomic mass is 9.97. The fourth-order valence-corrected chi connectivity index (χ4v) is 2.83. The minimum atomic E-state index is 0.0391. The predicted octanol–water partition coefficient (Wildman–Crippen LogP) is 2.59. The monoisotopic (exact) mass is 325 g/mol. The molecule has 2 aromatic rings. The van der Waals surface area contributed by atoms with Crippen LogP contribution >= 0.6 is 0 Å². The molecule has 0 saturated carbocycles. The molecule has 1 fully saturated rings. The molecule has 0 unspecified atom stereocenters. The molecule has 0 aliphatic carbocycles. The molecule has 0 spiro atoms. The summed E-state index contributed by atoms with van der Waals surface area (Å²) in [6.45, 7) is 3.84. The second-order valence-electron chi connectivity index (χ2n) is 6.06. The molecular formula is C18H23N5O. The molecule has 0 bridgehead atoms. The Morgan fingerprint density at radius 1 is 1.21 bits per heavy atom. The van der Waals surface area contributed by atoms with Crippen molar-refractivity contribution >= 4 is 17.7 Å². The van der Waals surface area contributed by atoms with Crippen LogP contribution < -0.4 is 16.0 Å². The van der Waals surface area contributed by atoms with E-state index in [1.165, 1.54) is 0 Å². The number of carbonyl (C=O) groups is 1. The predicted molar refractivity (Wildman–Crippen MR) is 94.7 cm³/mol. The van der Waals surface area contributed by atoms with Gasteiger partial charge < -0.3 is 16.0 Å². The lowest BCUT2D eigenvalue weighted by Crippen LogP contribution is -2.34. The van der Waals surface area contributed by atoms with Crippen LogP contribution in [0.15, 0.2) is 42.6 Å². The molecule has 3 N–H and O–H groups in total. The number of anilines is 2. The maximum absolute atomic E-state index is 12.3. The zero-order valence-corrected chi connectivity index (χ0v) is 13.8. The Kier molecular flexibility index (Phi) is 5.38. The SMILES string of the molecule is C[C@H](Nc1nccc(NC(=O)C2CCNCC2)n1)c1ccccc1. The Labute approximate surface area is 142 Å². The molecule has 1 aromatic carbocycles. The Morgan fingerprint density at radius 3 is 2.71 bits per heavy atom. The van der Waals surface area contributed by atoms with Crippen LogP contribution in [0.5, 0.6) is 0 Å². The largest absolute Gasteiger partial charge is 0.348 e. The molecule has 3 rings (SSSR count). The molecular weight excluding hydrogens is 302 g/mol. The van der Waals surface area contributed by atoms with Gasteiger partial charge >= 0.3 is 0 Å². The Bertz CT molecular complexity index is 670. The summed E-state index contributed by atoms with van der Waals surface area (Å²) in [6.07, 6.45) is 3.39. The number of nitrogens with one attached hydrogen (secondary N) is 3. The van der Waals surface area contributed by atoms with Crippen LogP contribution in [-0.4, -0.2) is 29.0 Å². The first-order chi connectivity index (χ1) is 11.7. The van der Waals surface area contributed by atoms with E-state index in [0.29, 0.717) is 11.8 Å². The lowest BCUT2D eigenvalue weighted by Gasteiger charge is -2.21. The van der Waals surface area contributed by atoms with Crippen molar-refractivity contribution in [3.63, 3.8) is 0 Å². The van der Waals surface area contributed by atoms with E-state index in [0.717, 1.165) is 31.5 Å². The van der Waals surface area contributed by atoms with Crippen molar-refractivity contribution in [1.29, 1.82) is 0 Å². The van der Waals surface area contributed by atoms with Crippen LogP contribution in [0.2, 0.25) is 0 Å². The quantitative estimate of drug-likeness (QED) is 0.787. The van der Waals surface area contributed by atoms with Crippen LogP contribution in [0.1, 0.15) is 31.4 Å². The summed E-state index contributed by atoms with van der Waals surface area (Å²) in [4.78, 5) is 20.9. The van der Waals surface area contributed by atoms with Gasteiger partial charge in [0.15, 0.2) is 0 Å². The van der Waals surface area contributed by atoms with Crippen LogP contribution in [0.4, 0.5) is 11.8 Å². The van der Waals surface area contributed by atoms with E-state index < -0.39 is 0 Å². The van der Waals surface area contributed by atoms with Gasteiger partial charge in [-0.25, -0.2) is 4.98 Å². The first-order valence-electron chi connectivity index (χ1n) is 8.38. The number of carbonyl (C=O) groups excluding carboxylic acids is 1. The van der Waals surface area contributed by atoms with Gasteiger partial charge in [0.1, 0.15) is 5.82 Å². The summed E-state index contributed by atoms with van der Waals surface area (Å²) in [5, 5.41) is 9.44. The first kappa shape index (κ1) is 16.4. The standard InChI is InChI=1S/C18H23N5O/c1-13(14-5-3-2-4-6-14)21-18-20-12-9-16(23-18)22-17(24)15-7-10-19-11-8-15/h2-6,9,12-13,15,19H,7-8,10-11H2,1H3,(H2,20,21,22,23,24)/t13-/m0/s1. The normalized spacial score (nSPS) is 16.4. The fourth-order valence-electron chi connectivity index (χ4n) is 2.83. The van der Waals surface area contributed by atoms with Crippen molar-refractivity contribution in [2.24, 2.45) is 5.92 Å². The van der Waals surface area contributed by atoms with Gasteiger partial charge in [-0.1, -0.05) is 30.3 Å². The highest BCUT2D eigenvalue weighted by molar-refractivity contribution is 5.91. The fraction of sp³-hybridized carbons (Fsp3) is 0.389. The zero-order chi connectivity index (χ0) is 16.8. The summed E-state index contributed by atoms with van der Waals surface area (Å²) >= 11 is 0. The molecule has 1 saturated heterocycles. The van der Waals surface area contributed by atoms with Crippen molar-refractivity contribution in [1.82, 2.24) is 15.3 Å². The number of benzene rings is 1. The lowest BCUT2D eigenvalue weighted by molar-refractivity contribution is -0.120. The highest BCUT2D eigenvalue weighted by atomic mass is 16.1. The molecule has 24 heavy (non-hydrogen) atoms. The molecule has 1 amide bonds. The zero-order valence-electron chi connectivity index (χ0n) is 13.8. The first-order valence-corrected chi connectivity index (χ1v) is 8.38. The maximum Gasteiger partial charge on any atom is 0.228 e. The van der Waals surface area contributed by atoms with Gasteiger partial charge in [0, 0.05) is 12.1 Å². The summed E-state index contributed by atoms with van der Waals surface area (Å²) in [6, 6.07) is 11.9. The number of aromatic nitrogens is 2. The second kappa shape index (κ2) is 7.88. The molecule has 6 nitrogen and oxygen atoms in total. The van der Waals surface area contributed by atoms with Crippen molar-refractivity contribution in [3.8, 4) is 0 Å². The number of hydrogen-bond donors (Lipinski definition) is 3. The van der Waals surface area contributed by atoms with Crippen molar-refractivity contribution in [2.45, 2.75) is 25.8 Å². The molecule has 1 aromatic heterocycles. The third-order valence-electron chi connectivity index (χ3n) is 4.26. The number of nitrogens with zero attached hydrogens (tertiary/aromatic N) is 2. The summed E-state index contributed by atoms with van der Waals surface area (Å²) in [5.74, 6) is 1.14. The highest BCUT2D eigenvalue weighted by Crippen LogP contribution is 2.18. The Morgan fingerprint density at radius 2 is 1.96 bits per heavy atom. The van der Waals surface area contributed by atoms with Gasteiger partial charge in [-0.2, -0.15) is 4.98 Å². The van der Waals surface area contributed by atoms with E-state index in [1.807, 2.05) is 18.2 Å². The van der Waals surface area contributed by atoms with E-state index >= 15 is 0 Å². The van der Waals surface area contributed by atoms with E-state index in [2.05, 4.69) is 45.0 Å². The molecule has 0 radical (unpaired) electrons. The molecule has 1 aliphatic heterocycles. The topological polar surface area (TPSA) is 78.9 Å². The number of hydrogen-bond acceptors (Lipinski definition) is 5. The Balaban J connectivity index is 1.62. The molecule has 1 aliphatic rings. The average molecular weight is 325 g/mol. The Hall–Kier alpha value is -2.47. The summed E-state index contributed by atoms with van der Waals surface area (Å²) in [5.41, 5.74) is 1.16. The molecule has 126 valence electrons. The molecule has 6 heteroatoms. The number of rotatable bonds is 5. The van der Waals surface area contributed by atoms with Crippen LogP contribution in [-0.2, 0) is 4.79 Å². The van der Waals surface area contributed by atoms with Crippen LogP contribution in [0.25, 0.3) is 0 Å². The summed E-state index contributed by atoms with van der Waals surface area (Å²) in [7, 11) is 0. The van der Waals surface area contributed by atoms with Gasteiger partial charge in [-0.15, -0.1) is 0 Å². The van der Waals surface area contributed by atoms with E-state index in [1.54, 1.807) is 12.3 Å². The molecule has 2 heterocycles. The van der Waals surface area contributed by atoms with Gasteiger partial charge in [-0.05, 0) is 44.5 Å². The van der Waals surface area contributed by atoms with Crippen molar-refractivity contribution < 1.29 is 4.79 Å². The summed E-state index contributed by atoms with van der Waals surface area (Å²) < 4.78 is 0. The van der Waals surface area contributed by atoms with E-state index in [9.17, 15) is 4.79 Å². The van der Waals surface area contributed by atoms with Gasteiger partial charge in [0.05, 0.1) is 6.04 Å². The third kappa shape index (κ3) is 4.29. The van der Waals surface area contributed by atoms with E-state index in [4.69, 9.17) is 0 Å². The maximum atomic E-state index is 12.3. The van der Waals surface area contributed by atoms with E-state index in [-0.39, 0.29) is 17.9 Å². The minimum Gasteiger partial charge on any atom is -0.348 e. The third-order valence-corrected chi connectivity index (χ3v) is 4.26. The van der Waals surface area contributed by atoms with Crippen LogP contribution in [0, 0.1) is 5.92 Å². The van der Waals surface area contributed by atoms with Gasteiger partial charge in [0.2, 0.25) is 11.9 Å². The van der Waals surface area contributed by atoms with Gasteiger partial charge in [0.25, 0.3) is 0 Å². The smallest absolute Gasteiger partial charge is 0.228 e. The van der Waals surface area contributed by atoms with Gasteiger partial charge in [-0.3, -0.25) is 4.79 Å².